The molecule has 0 unspecified atom stereocenters. The summed E-state index contributed by atoms with van der Waals surface area (Å²) in [6.07, 6.45) is 0. The number of aryl methyl sites for hydroxylation is 1. The fourth-order valence-corrected chi connectivity index (χ4v) is 2.16. The van der Waals surface area contributed by atoms with Crippen LogP contribution in [0.5, 0.6) is 0 Å². The summed E-state index contributed by atoms with van der Waals surface area (Å²) >= 11 is 2.37. The number of fused-ring (bicyclic) bond motifs is 1. The van der Waals surface area contributed by atoms with Gasteiger partial charge in [0.15, 0.2) is 0 Å². The molecule has 13 heavy (non-hydrogen) atoms. The van der Waals surface area contributed by atoms with Gasteiger partial charge in [0, 0.05) is 15.5 Å². The molecule has 0 fully saturated rings. The van der Waals surface area contributed by atoms with Gasteiger partial charge in [-0.2, -0.15) is 0 Å². The van der Waals surface area contributed by atoms with Crippen molar-refractivity contribution in [2.45, 2.75) is 11.4 Å². The van der Waals surface area contributed by atoms with Gasteiger partial charge in [-0.05, 0) is 24.6 Å². The minimum atomic E-state index is 1.03. The lowest BCUT2D eigenvalue weighted by Gasteiger charge is -2.03. The SMILES string of the molecule is Cc1nc2ccccc2cc1CI. The summed E-state index contributed by atoms with van der Waals surface area (Å²) in [6.45, 7) is 2.07. The van der Waals surface area contributed by atoms with Gasteiger partial charge >= 0.3 is 0 Å². The fourth-order valence-electron chi connectivity index (χ4n) is 1.39. The van der Waals surface area contributed by atoms with Crippen molar-refractivity contribution in [3.05, 3.63) is 41.6 Å². The number of pyridine rings is 1. The Kier molecular flexibility index (Phi) is 2.49. The van der Waals surface area contributed by atoms with Crippen LogP contribution in [-0.2, 0) is 4.43 Å². The first-order chi connectivity index (χ1) is 6.31. The van der Waals surface area contributed by atoms with Gasteiger partial charge in [-0.15, -0.1) is 0 Å². The van der Waals surface area contributed by atoms with E-state index in [4.69, 9.17) is 0 Å². The Labute approximate surface area is 91.3 Å². The molecular formula is C11H10IN. The first-order valence-corrected chi connectivity index (χ1v) is 5.75. The number of rotatable bonds is 1. The van der Waals surface area contributed by atoms with Gasteiger partial charge in [0.2, 0.25) is 0 Å². The van der Waals surface area contributed by atoms with Gasteiger partial charge in [0.05, 0.1) is 5.52 Å². The van der Waals surface area contributed by atoms with Crippen LogP contribution in [-0.4, -0.2) is 4.98 Å². The molecule has 0 atom stereocenters. The third-order valence-corrected chi connectivity index (χ3v) is 2.99. The Morgan fingerprint density at radius 2 is 2.08 bits per heavy atom. The van der Waals surface area contributed by atoms with Crippen LogP contribution in [0.4, 0.5) is 0 Å². The molecule has 2 aromatic rings. The number of aromatic nitrogens is 1. The van der Waals surface area contributed by atoms with E-state index in [0.717, 1.165) is 15.6 Å². The Morgan fingerprint density at radius 3 is 2.85 bits per heavy atom. The Morgan fingerprint density at radius 1 is 1.31 bits per heavy atom. The van der Waals surface area contributed by atoms with E-state index >= 15 is 0 Å². The quantitative estimate of drug-likeness (QED) is 0.577. The summed E-state index contributed by atoms with van der Waals surface area (Å²) in [7, 11) is 0. The first kappa shape index (κ1) is 8.94. The van der Waals surface area contributed by atoms with E-state index in [1.807, 2.05) is 6.07 Å². The van der Waals surface area contributed by atoms with Crippen LogP contribution < -0.4 is 0 Å². The highest BCUT2D eigenvalue weighted by molar-refractivity contribution is 14.1. The van der Waals surface area contributed by atoms with Gasteiger partial charge < -0.3 is 0 Å². The predicted molar refractivity (Wildman–Crippen MR) is 64.2 cm³/mol. The number of nitrogens with zero attached hydrogens (tertiary/aromatic N) is 1. The summed E-state index contributed by atoms with van der Waals surface area (Å²) in [5.41, 5.74) is 3.57. The normalized spacial score (nSPS) is 10.6. The Bertz CT molecular complexity index is 437. The van der Waals surface area contributed by atoms with Crippen molar-refractivity contribution >= 4 is 33.5 Å². The van der Waals surface area contributed by atoms with E-state index in [9.17, 15) is 0 Å². The molecule has 0 amide bonds. The van der Waals surface area contributed by atoms with Crippen molar-refractivity contribution in [3.8, 4) is 0 Å². The van der Waals surface area contributed by atoms with Crippen LogP contribution in [0.3, 0.4) is 0 Å². The Hall–Kier alpha value is -0.640. The maximum Gasteiger partial charge on any atom is 0.0705 e. The van der Waals surface area contributed by atoms with Gasteiger partial charge in [-0.1, -0.05) is 40.8 Å². The monoisotopic (exact) mass is 283 g/mol. The van der Waals surface area contributed by atoms with Gasteiger partial charge in [0.1, 0.15) is 0 Å². The van der Waals surface area contributed by atoms with Crippen molar-refractivity contribution in [3.63, 3.8) is 0 Å². The highest BCUT2D eigenvalue weighted by Gasteiger charge is 2.00. The molecule has 2 rings (SSSR count). The zero-order valence-corrected chi connectivity index (χ0v) is 9.58. The summed E-state index contributed by atoms with van der Waals surface area (Å²) in [4.78, 5) is 4.54. The van der Waals surface area contributed by atoms with E-state index in [2.05, 4.69) is 58.8 Å². The predicted octanol–water partition coefficient (Wildman–Crippen LogP) is 3.48. The van der Waals surface area contributed by atoms with Crippen LogP contribution in [0.2, 0.25) is 0 Å². The van der Waals surface area contributed by atoms with E-state index in [1.54, 1.807) is 0 Å². The molecule has 0 saturated carbocycles. The van der Waals surface area contributed by atoms with Gasteiger partial charge in [0.25, 0.3) is 0 Å². The molecule has 1 aromatic carbocycles. The van der Waals surface area contributed by atoms with E-state index in [-0.39, 0.29) is 0 Å². The minimum Gasteiger partial charge on any atom is -0.253 e. The lowest BCUT2D eigenvalue weighted by Crippen LogP contribution is -1.90. The van der Waals surface area contributed by atoms with E-state index in [1.165, 1.54) is 10.9 Å². The minimum absolute atomic E-state index is 1.03. The zero-order valence-electron chi connectivity index (χ0n) is 7.42. The molecular weight excluding hydrogens is 273 g/mol. The van der Waals surface area contributed by atoms with Crippen LogP contribution >= 0.6 is 22.6 Å². The summed E-state index contributed by atoms with van der Waals surface area (Å²) < 4.78 is 1.03. The number of alkyl halides is 1. The maximum atomic E-state index is 4.54. The number of hydrogen-bond acceptors (Lipinski definition) is 1. The average molecular weight is 283 g/mol. The first-order valence-electron chi connectivity index (χ1n) is 4.22. The third-order valence-electron chi connectivity index (χ3n) is 2.16. The van der Waals surface area contributed by atoms with Crippen LogP contribution in [0.25, 0.3) is 10.9 Å². The van der Waals surface area contributed by atoms with Crippen molar-refractivity contribution in [2.24, 2.45) is 0 Å². The van der Waals surface area contributed by atoms with E-state index in [0.29, 0.717) is 0 Å². The third kappa shape index (κ3) is 1.68. The topological polar surface area (TPSA) is 12.9 Å². The highest BCUT2D eigenvalue weighted by atomic mass is 127. The number of para-hydroxylation sites is 1. The molecule has 0 aliphatic heterocycles. The van der Waals surface area contributed by atoms with Crippen LogP contribution in [0, 0.1) is 6.92 Å². The second-order valence-electron chi connectivity index (χ2n) is 3.06. The molecule has 0 aliphatic carbocycles. The molecule has 2 heteroatoms. The fraction of sp³-hybridized carbons (Fsp3) is 0.182. The molecule has 1 heterocycles. The lowest BCUT2D eigenvalue weighted by atomic mass is 10.1. The summed E-state index contributed by atoms with van der Waals surface area (Å²) in [6, 6.07) is 10.5. The van der Waals surface area contributed by atoms with Crippen molar-refractivity contribution in [1.82, 2.24) is 4.98 Å². The molecule has 0 aliphatic rings. The Balaban J connectivity index is 2.74. The molecule has 0 radical (unpaired) electrons. The standard InChI is InChI=1S/C11H10IN/c1-8-10(7-12)6-9-4-2-3-5-11(9)13-8/h2-6H,7H2,1H3. The second kappa shape index (κ2) is 3.62. The van der Waals surface area contributed by atoms with Crippen molar-refractivity contribution < 1.29 is 0 Å². The molecule has 0 N–H and O–H groups in total. The highest BCUT2D eigenvalue weighted by Crippen LogP contribution is 2.17. The molecule has 1 nitrogen and oxygen atoms in total. The van der Waals surface area contributed by atoms with E-state index < -0.39 is 0 Å². The molecule has 66 valence electrons. The summed E-state index contributed by atoms with van der Waals surface area (Å²) in [5.74, 6) is 0. The summed E-state index contributed by atoms with van der Waals surface area (Å²) in [5, 5.41) is 1.24. The largest absolute Gasteiger partial charge is 0.253 e. The van der Waals surface area contributed by atoms with Crippen LogP contribution in [0.1, 0.15) is 11.3 Å². The number of benzene rings is 1. The van der Waals surface area contributed by atoms with Crippen molar-refractivity contribution in [2.75, 3.05) is 0 Å². The molecule has 0 bridgehead atoms. The molecule has 1 aromatic heterocycles. The lowest BCUT2D eigenvalue weighted by molar-refractivity contribution is 1.19. The molecule has 0 spiro atoms. The second-order valence-corrected chi connectivity index (χ2v) is 3.82. The van der Waals surface area contributed by atoms with Gasteiger partial charge in [-0.3, -0.25) is 4.98 Å². The number of halogens is 1. The zero-order chi connectivity index (χ0) is 9.26. The maximum absolute atomic E-state index is 4.54. The smallest absolute Gasteiger partial charge is 0.0705 e. The molecule has 0 saturated heterocycles. The van der Waals surface area contributed by atoms with Crippen LogP contribution in [0.15, 0.2) is 30.3 Å². The average Bonchev–Trinajstić information content (AvgIpc) is 2.17. The van der Waals surface area contributed by atoms with Crippen molar-refractivity contribution in [1.29, 1.82) is 0 Å². The number of hydrogen-bond donors (Lipinski definition) is 0. The van der Waals surface area contributed by atoms with Gasteiger partial charge in [-0.25, -0.2) is 0 Å².